The maximum atomic E-state index is 12.2. The number of cyclic esters (lactones) is 2. The lowest BCUT2D eigenvalue weighted by atomic mass is 10.1. The van der Waals surface area contributed by atoms with Gasteiger partial charge in [-0.15, -0.1) is 0 Å². The molecule has 3 rings (SSSR count). The minimum Gasteiger partial charge on any atom is -0.392 e. The average molecular weight is 280 g/mol. The van der Waals surface area contributed by atoms with Crippen LogP contribution in [0.1, 0.15) is 28.8 Å². The molecule has 0 aliphatic carbocycles. The Morgan fingerprint density at radius 1 is 1.26 bits per heavy atom. The summed E-state index contributed by atoms with van der Waals surface area (Å²) in [6.45, 7) is 0.280. The van der Waals surface area contributed by atoms with E-state index in [1.165, 1.54) is 4.90 Å². The molecule has 0 aromatic heterocycles. The fourth-order valence-electron chi connectivity index (χ4n) is 2.46. The van der Waals surface area contributed by atoms with Crippen LogP contribution in [0.15, 0.2) is 18.2 Å². The highest BCUT2D eigenvalue weighted by atomic mass is 35.5. The van der Waals surface area contributed by atoms with Crippen molar-refractivity contribution in [3.05, 3.63) is 34.3 Å². The summed E-state index contributed by atoms with van der Waals surface area (Å²) in [5, 5.41) is 0.508. The molecular formula is C13H10ClNO4. The number of hydrogen-bond acceptors (Lipinski definition) is 4. The van der Waals surface area contributed by atoms with Crippen molar-refractivity contribution in [1.82, 2.24) is 4.90 Å². The van der Waals surface area contributed by atoms with E-state index in [4.69, 9.17) is 11.6 Å². The van der Waals surface area contributed by atoms with Crippen molar-refractivity contribution in [1.29, 1.82) is 0 Å². The highest BCUT2D eigenvalue weighted by molar-refractivity contribution is 6.32. The number of esters is 2. The average Bonchev–Trinajstić information content (AvgIpc) is 2.69. The number of halogens is 1. The SMILES string of the molecule is O=C1CCC(N2Cc3c(Cl)cccc3C2=O)C(=O)O1. The van der Waals surface area contributed by atoms with Gasteiger partial charge in [-0.05, 0) is 18.6 Å². The lowest BCUT2D eigenvalue weighted by Gasteiger charge is -2.28. The Labute approximate surface area is 114 Å². The van der Waals surface area contributed by atoms with Crippen molar-refractivity contribution < 1.29 is 19.1 Å². The molecule has 2 heterocycles. The molecule has 0 spiro atoms. The Morgan fingerprint density at radius 3 is 2.74 bits per heavy atom. The van der Waals surface area contributed by atoms with Gasteiger partial charge in [-0.2, -0.15) is 0 Å². The summed E-state index contributed by atoms with van der Waals surface area (Å²) in [7, 11) is 0. The van der Waals surface area contributed by atoms with Gasteiger partial charge in [0.1, 0.15) is 6.04 Å². The largest absolute Gasteiger partial charge is 0.392 e. The fraction of sp³-hybridized carbons (Fsp3) is 0.308. The van der Waals surface area contributed by atoms with Gasteiger partial charge in [0.25, 0.3) is 5.91 Å². The lowest BCUT2D eigenvalue weighted by molar-refractivity contribution is -0.167. The van der Waals surface area contributed by atoms with Gasteiger partial charge in [0.05, 0.1) is 0 Å². The second kappa shape index (κ2) is 4.35. The molecule has 1 unspecified atom stereocenters. The second-order valence-electron chi connectivity index (χ2n) is 4.55. The van der Waals surface area contributed by atoms with E-state index >= 15 is 0 Å². The molecule has 1 amide bonds. The zero-order valence-corrected chi connectivity index (χ0v) is 10.6. The highest BCUT2D eigenvalue weighted by Gasteiger charge is 2.40. The van der Waals surface area contributed by atoms with Crippen molar-refractivity contribution in [3.63, 3.8) is 0 Å². The van der Waals surface area contributed by atoms with Crippen LogP contribution in [0.3, 0.4) is 0 Å². The summed E-state index contributed by atoms with van der Waals surface area (Å²) >= 11 is 6.05. The zero-order chi connectivity index (χ0) is 13.6. The second-order valence-corrected chi connectivity index (χ2v) is 4.95. The molecule has 6 heteroatoms. The molecule has 2 aliphatic heterocycles. The third-order valence-electron chi connectivity index (χ3n) is 3.42. The van der Waals surface area contributed by atoms with Gasteiger partial charge in [-0.25, -0.2) is 4.79 Å². The highest BCUT2D eigenvalue weighted by Crippen LogP contribution is 2.32. The molecule has 0 bridgehead atoms. The molecular weight excluding hydrogens is 270 g/mol. The number of carbonyl (C=O) groups is 3. The number of hydrogen-bond donors (Lipinski definition) is 0. The van der Waals surface area contributed by atoms with Crippen LogP contribution in [0.2, 0.25) is 5.02 Å². The third kappa shape index (κ3) is 1.90. The van der Waals surface area contributed by atoms with Crippen LogP contribution in [0.5, 0.6) is 0 Å². The van der Waals surface area contributed by atoms with E-state index < -0.39 is 18.0 Å². The number of ether oxygens (including phenoxy) is 1. The molecule has 19 heavy (non-hydrogen) atoms. The molecule has 0 N–H and O–H groups in total. The Morgan fingerprint density at radius 2 is 2.05 bits per heavy atom. The van der Waals surface area contributed by atoms with E-state index in [1.807, 2.05) is 0 Å². The third-order valence-corrected chi connectivity index (χ3v) is 3.78. The fourth-order valence-corrected chi connectivity index (χ4v) is 2.69. The van der Waals surface area contributed by atoms with Gasteiger partial charge in [0, 0.05) is 29.1 Å². The Hall–Kier alpha value is -1.88. The first-order valence-corrected chi connectivity index (χ1v) is 6.28. The molecule has 1 aromatic rings. The Bertz CT molecular complexity index is 598. The maximum absolute atomic E-state index is 12.2. The summed E-state index contributed by atoms with van der Waals surface area (Å²) in [6, 6.07) is 4.39. The van der Waals surface area contributed by atoms with Gasteiger partial charge < -0.3 is 9.64 Å². The number of carbonyl (C=O) groups excluding carboxylic acids is 3. The van der Waals surface area contributed by atoms with Gasteiger partial charge in [0.2, 0.25) is 0 Å². The smallest absolute Gasteiger partial charge is 0.336 e. The quantitative estimate of drug-likeness (QED) is 0.578. The van der Waals surface area contributed by atoms with Crippen molar-refractivity contribution >= 4 is 29.4 Å². The van der Waals surface area contributed by atoms with E-state index in [-0.39, 0.29) is 18.9 Å². The first-order valence-electron chi connectivity index (χ1n) is 5.91. The summed E-state index contributed by atoms with van der Waals surface area (Å²) < 4.78 is 4.58. The van der Waals surface area contributed by atoms with E-state index in [9.17, 15) is 14.4 Å². The van der Waals surface area contributed by atoms with Crippen molar-refractivity contribution in [2.45, 2.75) is 25.4 Å². The topological polar surface area (TPSA) is 63.7 Å². The van der Waals surface area contributed by atoms with Crippen LogP contribution >= 0.6 is 11.6 Å². The molecule has 1 atom stereocenters. The van der Waals surface area contributed by atoms with Crippen LogP contribution in [0, 0.1) is 0 Å². The van der Waals surface area contributed by atoms with Gasteiger partial charge in [0.15, 0.2) is 0 Å². The van der Waals surface area contributed by atoms with Gasteiger partial charge in [-0.1, -0.05) is 17.7 Å². The van der Waals surface area contributed by atoms with Crippen LogP contribution in [0.25, 0.3) is 0 Å². The monoisotopic (exact) mass is 279 g/mol. The van der Waals surface area contributed by atoms with Crippen LogP contribution in [-0.4, -0.2) is 28.8 Å². The predicted octanol–water partition coefficient (Wildman–Crippen LogP) is 1.53. The summed E-state index contributed by atoms with van der Waals surface area (Å²) in [5.74, 6) is -1.44. The van der Waals surface area contributed by atoms with Gasteiger partial charge >= 0.3 is 11.9 Å². The van der Waals surface area contributed by atoms with E-state index in [1.54, 1.807) is 18.2 Å². The molecule has 0 saturated carbocycles. The summed E-state index contributed by atoms with van der Waals surface area (Å²) in [6.07, 6.45) is 0.444. The van der Waals surface area contributed by atoms with E-state index in [0.29, 0.717) is 17.0 Å². The van der Waals surface area contributed by atoms with E-state index in [2.05, 4.69) is 4.74 Å². The molecule has 1 saturated heterocycles. The lowest BCUT2D eigenvalue weighted by Crippen LogP contribution is -2.46. The molecule has 98 valence electrons. The van der Waals surface area contributed by atoms with Crippen LogP contribution in [-0.2, 0) is 20.9 Å². The first kappa shape index (κ1) is 12.2. The van der Waals surface area contributed by atoms with Crippen LogP contribution in [0.4, 0.5) is 0 Å². The normalized spacial score (nSPS) is 22.5. The van der Waals surface area contributed by atoms with E-state index in [0.717, 1.165) is 5.56 Å². The Kier molecular flexibility index (Phi) is 2.78. The number of nitrogens with zero attached hydrogens (tertiary/aromatic N) is 1. The first-order chi connectivity index (χ1) is 9.08. The summed E-state index contributed by atoms with van der Waals surface area (Å²) in [5.41, 5.74) is 1.23. The molecule has 1 aromatic carbocycles. The minimum atomic E-state index is -0.700. The summed E-state index contributed by atoms with van der Waals surface area (Å²) in [4.78, 5) is 36.4. The number of amides is 1. The molecule has 2 aliphatic rings. The van der Waals surface area contributed by atoms with Crippen molar-refractivity contribution in [3.8, 4) is 0 Å². The van der Waals surface area contributed by atoms with Crippen molar-refractivity contribution in [2.75, 3.05) is 0 Å². The molecule has 5 nitrogen and oxygen atoms in total. The number of fused-ring (bicyclic) bond motifs is 1. The van der Waals surface area contributed by atoms with Crippen molar-refractivity contribution in [2.24, 2.45) is 0 Å². The maximum Gasteiger partial charge on any atom is 0.336 e. The molecule has 0 radical (unpaired) electrons. The standard InChI is InChI=1S/C13H10ClNO4/c14-9-3-1-2-7-8(9)6-15(12(7)17)10-4-5-11(16)19-13(10)18/h1-3,10H,4-6H2. The predicted molar refractivity (Wildman–Crippen MR) is 65.4 cm³/mol. The molecule has 1 fully saturated rings. The zero-order valence-electron chi connectivity index (χ0n) is 9.89. The number of rotatable bonds is 1. The number of benzene rings is 1. The minimum absolute atomic E-state index is 0.143. The van der Waals surface area contributed by atoms with Gasteiger partial charge in [-0.3, -0.25) is 9.59 Å². The van der Waals surface area contributed by atoms with Crippen LogP contribution < -0.4 is 0 Å². The Balaban J connectivity index is 1.90.